The zero-order valence-electron chi connectivity index (χ0n) is 28.6. The molecule has 10 aromatic rings. The van der Waals surface area contributed by atoms with Gasteiger partial charge in [-0.25, -0.2) is 9.97 Å². The van der Waals surface area contributed by atoms with Crippen molar-refractivity contribution in [2.75, 3.05) is 0 Å². The average molecular weight is 670 g/mol. The highest BCUT2D eigenvalue weighted by Crippen LogP contribution is 2.48. The van der Waals surface area contributed by atoms with E-state index in [9.17, 15) is 0 Å². The summed E-state index contributed by atoms with van der Waals surface area (Å²) in [5.41, 5.74) is 12.5. The number of fused-ring (bicyclic) bond motifs is 11. The van der Waals surface area contributed by atoms with E-state index < -0.39 is 0 Å². The number of hydrogen-bond donors (Lipinski definition) is 0. The SMILES string of the molecule is CC1(C)c2ccc(Oc3ccc4c(c3)c3nc(-c5ccccc5)c(-c5ccccc5)n3c3cccnc43)cc2-n2c3ncccc3c3cccc1c32. The van der Waals surface area contributed by atoms with Crippen LogP contribution < -0.4 is 4.74 Å². The molecule has 0 unspecified atom stereocenters. The minimum absolute atomic E-state index is 0.200. The summed E-state index contributed by atoms with van der Waals surface area (Å²) in [6.45, 7) is 4.61. The molecule has 0 amide bonds. The Morgan fingerprint density at radius 2 is 1.29 bits per heavy atom. The molecule has 0 N–H and O–H groups in total. The van der Waals surface area contributed by atoms with Gasteiger partial charge in [0.15, 0.2) is 0 Å². The van der Waals surface area contributed by atoms with Crippen LogP contribution in [-0.4, -0.2) is 23.9 Å². The third kappa shape index (κ3) is 3.97. The molecule has 5 aromatic carbocycles. The molecule has 0 saturated heterocycles. The van der Waals surface area contributed by atoms with Crippen LogP contribution in [-0.2, 0) is 5.41 Å². The van der Waals surface area contributed by atoms with Crippen LogP contribution in [0.4, 0.5) is 0 Å². The van der Waals surface area contributed by atoms with Crippen molar-refractivity contribution >= 4 is 49.4 Å². The molecule has 0 spiro atoms. The van der Waals surface area contributed by atoms with Crippen LogP contribution in [0, 0.1) is 0 Å². The number of imidazole rings is 1. The standard InChI is InChI=1S/C46H31N5O/c1-46(2)36-23-21-31(27-39(36)51-43-33(16-9-18-37(43)46)34-17-10-25-48-44(34)51)52-30-20-22-32-35(26-30)45-49-40(28-12-5-3-6-13-28)42(29-14-7-4-8-15-29)50(45)38-19-11-24-47-41(32)38/h3-27H,1-2H3. The highest BCUT2D eigenvalue weighted by atomic mass is 16.5. The minimum Gasteiger partial charge on any atom is -0.457 e. The van der Waals surface area contributed by atoms with Crippen molar-refractivity contribution in [3.8, 4) is 39.7 Å². The van der Waals surface area contributed by atoms with Crippen molar-refractivity contribution in [1.29, 1.82) is 0 Å². The lowest BCUT2D eigenvalue weighted by Gasteiger charge is -2.34. The Hall–Kier alpha value is -6.79. The average Bonchev–Trinajstić information content (AvgIpc) is 3.76. The molecule has 1 aliphatic heterocycles. The van der Waals surface area contributed by atoms with Gasteiger partial charge >= 0.3 is 0 Å². The lowest BCUT2D eigenvalue weighted by Crippen LogP contribution is -2.26. The molecule has 52 heavy (non-hydrogen) atoms. The lowest BCUT2D eigenvalue weighted by molar-refractivity contribution is 0.482. The molecule has 0 aliphatic carbocycles. The molecule has 6 nitrogen and oxygen atoms in total. The monoisotopic (exact) mass is 669 g/mol. The predicted octanol–water partition coefficient (Wildman–Crippen LogP) is 11.3. The van der Waals surface area contributed by atoms with E-state index in [1.165, 1.54) is 22.0 Å². The largest absolute Gasteiger partial charge is 0.457 e. The molecule has 0 saturated carbocycles. The first-order chi connectivity index (χ1) is 25.6. The predicted molar refractivity (Wildman–Crippen MR) is 210 cm³/mol. The van der Waals surface area contributed by atoms with Crippen LogP contribution in [0.2, 0.25) is 0 Å². The summed E-state index contributed by atoms with van der Waals surface area (Å²) in [4.78, 5) is 15.2. The number of nitrogens with zero attached hydrogens (tertiary/aromatic N) is 5. The molecule has 11 rings (SSSR count). The van der Waals surface area contributed by atoms with Crippen molar-refractivity contribution < 1.29 is 4.74 Å². The number of rotatable bonds is 4. The van der Waals surface area contributed by atoms with Crippen LogP contribution in [0.5, 0.6) is 11.5 Å². The number of pyridine rings is 3. The Morgan fingerprint density at radius 3 is 2.13 bits per heavy atom. The summed E-state index contributed by atoms with van der Waals surface area (Å²) in [6, 6.07) is 48.6. The molecule has 6 heteroatoms. The molecular weight excluding hydrogens is 639 g/mol. The first kappa shape index (κ1) is 29.0. The van der Waals surface area contributed by atoms with Crippen LogP contribution in [0.25, 0.3) is 77.6 Å². The van der Waals surface area contributed by atoms with E-state index in [4.69, 9.17) is 19.7 Å². The Balaban J connectivity index is 1.13. The van der Waals surface area contributed by atoms with Gasteiger partial charge in [-0.1, -0.05) is 98.8 Å². The van der Waals surface area contributed by atoms with Gasteiger partial charge in [0.2, 0.25) is 0 Å². The summed E-state index contributed by atoms with van der Waals surface area (Å²) in [6.07, 6.45) is 3.74. The molecular formula is C46H31N5O. The Morgan fingerprint density at radius 1 is 0.558 bits per heavy atom. The third-order valence-corrected chi connectivity index (χ3v) is 10.8. The fourth-order valence-corrected chi connectivity index (χ4v) is 8.46. The molecule has 246 valence electrons. The van der Waals surface area contributed by atoms with Crippen LogP contribution >= 0.6 is 0 Å². The van der Waals surface area contributed by atoms with Crippen molar-refractivity contribution in [1.82, 2.24) is 23.9 Å². The minimum atomic E-state index is -0.200. The van der Waals surface area contributed by atoms with Crippen LogP contribution in [0.1, 0.15) is 25.0 Å². The van der Waals surface area contributed by atoms with Gasteiger partial charge in [0.05, 0.1) is 33.6 Å². The summed E-state index contributed by atoms with van der Waals surface area (Å²) in [5.74, 6) is 1.48. The topological polar surface area (TPSA) is 57.2 Å². The van der Waals surface area contributed by atoms with Gasteiger partial charge in [-0.05, 0) is 59.7 Å². The number of para-hydroxylation sites is 1. The molecule has 6 heterocycles. The summed E-state index contributed by atoms with van der Waals surface area (Å²) in [5, 5.41) is 4.36. The summed E-state index contributed by atoms with van der Waals surface area (Å²) >= 11 is 0. The molecule has 0 fully saturated rings. The first-order valence-corrected chi connectivity index (χ1v) is 17.6. The first-order valence-electron chi connectivity index (χ1n) is 17.6. The van der Waals surface area contributed by atoms with Gasteiger partial charge in [-0.2, -0.15) is 0 Å². The number of aromatic nitrogens is 5. The van der Waals surface area contributed by atoms with Crippen molar-refractivity contribution in [3.63, 3.8) is 0 Å². The maximum absolute atomic E-state index is 6.77. The third-order valence-electron chi connectivity index (χ3n) is 10.8. The maximum Gasteiger partial charge on any atom is 0.146 e. The quantitative estimate of drug-likeness (QED) is 0.175. The molecule has 0 atom stereocenters. The van der Waals surface area contributed by atoms with Gasteiger partial charge in [-0.3, -0.25) is 14.0 Å². The zero-order valence-corrected chi connectivity index (χ0v) is 28.6. The Bertz CT molecular complexity index is 3070. The van der Waals surface area contributed by atoms with Gasteiger partial charge in [0.1, 0.15) is 22.8 Å². The summed E-state index contributed by atoms with van der Waals surface area (Å²) in [7, 11) is 0. The van der Waals surface area contributed by atoms with E-state index in [-0.39, 0.29) is 5.41 Å². The maximum atomic E-state index is 6.77. The van der Waals surface area contributed by atoms with E-state index in [1.54, 1.807) is 0 Å². The zero-order chi connectivity index (χ0) is 34.6. The fraction of sp³-hybridized carbons (Fsp3) is 0.0652. The number of benzene rings is 5. The second-order valence-corrected chi connectivity index (χ2v) is 14.1. The Kier molecular flexibility index (Phi) is 5.91. The molecule has 5 aromatic heterocycles. The van der Waals surface area contributed by atoms with Gasteiger partial charge in [0.25, 0.3) is 0 Å². The fourth-order valence-electron chi connectivity index (χ4n) is 8.46. The highest BCUT2D eigenvalue weighted by molar-refractivity contribution is 6.12. The lowest BCUT2D eigenvalue weighted by atomic mass is 9.74. The van der Waals surface area contributed by atoms with E-state index in [1.807, 2.05) is 42.7 Å². The molecule has 1 aliphatic rings. The Labute approximate surface area is 299 Å². The second-order valence-electron chi connectivity index (χ2n) is 14.1. The molecule has 0 bridgehead atoms. The van der Waals surface area contributed by atoms with E-state index in [0.29, 0.717) is 0 Å². The van der Waals surface area contributed by atoms with E-state index in [0.717, 1.165) is 78.2 Å². The molecule has 0 radical (unpaired) electrons. The smallest absolute Gasteiger partial charge is 0.146 e. The number of hydrogen-bond acceptors (Lipinski definition) is 4. The van der Waals surface area contributed by atoms with Crippen LogP contribution in [0.15, 0.2) is 152 Å². The van der Waals surface area contributed by atoms with Crippen LogP contribution in [0.3, 0.4) is 0 Å². The van der Waals surface area contributed by atoms with Crippen molar-refractivity contribution in [2.24, 2.45) is 0 Å². The van der Waals surface area contributed by atoms with E-state index in [2.05, 4.69) is 132 Å². The van der Waals surface area contributed by atoms with E-state index >= 15 is 0 Å². The van der Waals surface area contributed by atoms with Crippen molar-refractivity contribution in [2.45, 2.75) is 19.3 Å². The highest BCUT2D eigenvalue weighted by Gasteiger charge is 2.35. The van der Waals surface area contributed by atoms with Gasteiger partial charge < -0.3 is 4.74 Å². The summed E-state index contributed by atoms with van der Waals surface area (Å²) < 4.78 is 11.3. The van der Waals surface area contributed by atoms with Gasteiger partial charge in [0, 0.05) is 56.5 Å². The normalized spacial score (nSPS) is 13.3. The van der Waals surface area contributed by atoms with Crippen molar-refractivity contribution in [3.05, 3.63) is 163 Å². The second kappa shape index (κ2) is 10.6. The number of ether oxygens (including phenoxy) is 1. The van der Waals surface area contributed by atoms with Gasteiger partial charge in [-0.15, -0.1) is 0 Å².